The van der Waals surface area contributed by atoms with Crippen LogP contribution in [0.25, 0.3) is 0 Å². The topological polar surface area (TPSA) is 67.9 Å². The first-order valence-corrected chi connectivity index (χ1v) is 11.3. The highest BCUT2D eigenvalue weighted by Gasteiger charge is 2.25. The predicted octanol–water partition coefficient (Wildman–Crippen LogP) is 4.50. The molecule has 1 atom stereocenters. The number of benzene rings is 2. The van der Waals surface area contributed by atoms with Crippen LogP contribution in [0.4, 0.5) is 0 Å². The summed E-state index contributed by atoms with van der Waals surface area (Å²) in [5.41, 5.74) is 2.14. The van der Waals surface area contributed by atoms with E-state index >= 15 is 0 Å². The second-order valence-electron chi connectivity index (χ2n) is 7.96. The molecular formula is C26H36N2O4. The Hall–Kier alpha value is -3.02. The van der Waals surface area contributed by atoms with E-state index in [9.17, 15) is 9.59 Å². The molecule has 0 aromatic heterocycles. The standard InChI is InChI=1S/C26H36N2O4/c1-5-6-16-27-26(30)21(3)28(19-22-10-7-9-20(2)18-22)25(29)11-8-17-32-24-14-12-23(31-4)13-15-24/h7,9-10,12-15,18,21H,5-6,8,11,16-17,19H2,1-4H3,(H,27,30)/t21-/m0/s1. The molecule has 0 heterocycles. The SMILES string of the molecule is CCCCNC(=O)[C@H](C)N(Cc1cccc(C)c1)C(=O)CCCOc1ccc(OC)cc1. The van der Waals surface area contributed by atoms with Crippen molar-refractivity contribution in [3.63, 3.8) is 0 Å². The second-order valence-corrected chi connectivity index (χ2v) is 7.96. The van der Waals surface area contributed by atoms with Crippen LogP contribution in [0.1, 0.15) is 50.7 Å². The zero-order chi connectivity index (χ0) is 23.3. The van der Waals surface area contributed by atoms with Gasteiger partial charge in [0.05, 0.1) is 13.7 Å². The molecule has 0 aliphatic carbocycles. The van der Waals surface area contributed by atoms with E-state index in [4.69, 9.17) is 9.47 Å². The molecule has 6 nitrogen and oxygen atoms in total. The van der Waals surface area contributed by atoms with Crippen LogP contribution in [0.3, 0.4) is 0 Å². The van der Waals surface area contributed by atoms with Crippen molar-refractivity contribution in [1.82, 2.24) is 10.2 Å². The van der Waals surface area contributed by atoms with Crippen molar-refractivity contribution in [3.05, 3.63) is 59.7 Å². The molecule has 2 amide bonds. The van der Waals surface area contributed by atoms with Crippen molar-refractivity contribution >= 4 is 11.8 Å². The monoisotopic (exact) mass is 440 g/mol. The second kappa shape index (κ2) is 13.4. The Morgan fingerprint density at radius 3 is 2.44 bits per heavy atom. The van der Waals surface area contributed by atoms with Gasteiger partial charge in [-0.2, -0.15) is 0 Å². The number of hydrogen-bond donors (Lipinski definition) is 1. The van der Waals surface area contributed by atoms with Crippen LogP contribution in [0, 0.1) is 6.92 Å². The van der Waals surface area contributed by atoms with Crippen molar-refractivity contribution in [3.8, 4) is 11.5 Å². The lowest BCUT2D eigenvalue weighted by atomic mass is 10.1. The Kier molecular flexibility index (Phi) is 10.6. The van der Waals surface area contributed by atoms with Crippen LogP contribution >= 0.6 is 0 Å². The molecule has 2 rings (SSSR count). The Balaban J connectivity index is 1.96. The Morgan fingerprint density at radius 2 is 1.78 bits per heavy atom. The van der Waals surface area contributed by atoms with Crippen LogP contribution in [0.5, 0.6) is 11.5 Å². The number of amides is 2. The molecule has 2 aromatic carbocycles. The minimum atomic E-state index is -0.539. The Morgan fingerprint density at radius 1 is 1.06 bits per heavy atom. The van der Waals surface area contributed by atoms with Gasteiger partial charge >= 0.3 is 0 Å². The third-order valence-electron chi connectivity index (χ3n) is 5.30. The summed E-state index contributed by atoms with van der Waals surface area (Å²) in [5, 5.41) is 2.95. The van der Waals surface area contributed by atoms with E-state index in [-0.39, 0.29) is 11.8 Å². The fourth-order valence-corrected chi connectivity index (χ4v) is 3.35. The van der Waals surface area contributed by atoms with E-state index in [1.165, 1.54) is 0 Å². The van der Waals surface area contributed by atoms with E-state index in [1.54, 1.807) is 18.9 Å². The minimum absolute atomic E-state index is 0.0528. The van der Waals surface area contributed by atoms with Crippen LogP contribution < -0.4 is 14.8 Å². The average molecular weight is 441 g/mol. The largest absolute Gasteiger partial charge is 0.497 e. The lowest BCUT2D eigenvalue weighted by molar-refractivity contribution is -0.140. The number of ether oxygens (including phenoxy) is 2. The van der Waals surface area contributed by atoms with Gasteiger partial charge in [0.1, 0.15) is 17.5 Å². The molecule has 1 N–H and O–H groups in total. The number of nitrogens with one attached hydrogen (secondary N) is 1. The summed E-state index contributed by atoms with van der Waals surface area (Å²) in [6, 6.07) is 14.8. The molecule has 2 aromatic rings. The van der Waals surface area contributed by atoms with Gasteiger partial charge in [0.15, 0.2) is 0 Å². The van der Waals surface area contributed by atoms with Gasteiger partial charge in [-0.3, -0.25) is 9.59 Å². The number of carbonyl (C=O) groups is 2. The molecule has 6 heteroatoms. The summed E-state index contributed by atoms with van der Waals surface area (Å²) in [7, 11) is 1.62. The van der Waals surface area contributed by atoms with Gasteiger partial charge in [-0.15, -0.1) is 0 Å². The van der Waals surface area contributed by atoms with E-state index in [0.29, 0.717) is 32.5 Å². The maximum absolute atomic E-state index is 13.1. The van der Waals surface area contributed by atoms with E-state index in [1.807, 2.05) is 49.4 Å². The Bertz CT molecular complexity index is 851. The maximum atomic E-state index is 13.1. The molecule has 32 heavy (non-hydrogen) atoms. The number of methoxy groups -OCH3 is 1. The summed E-state index contributed by atoms with van der Waals surface area (Å²) in [5.74, 6) is 1.33. The fourth-order valence-electron chi connectivity index (χ4n) is 3.35. The quantitative estimate of drug-likeness (QED) is 0.466. The number of aryl methyl sites for hydroxylation is 1. The summed E-state index contributed by atoms with van der Waals surface area (Å²) < 4.78 is 10.9. The molecular weight excluding hydrogens is 404 g/mol. The average Bonchev–Trinajstić information content (AvgIpc) is 2.80. The smallest absolute Gasteiger partial charge is 0.242 e. The van der Waals surface area contributed by atoms with Gasteiger partial charge in [0, 0.05) is 19.5 Å². The third-order valence-corrected chi connectivity index (χ3v) is 5.30. The summed E-state index contributed by atoms with van der Waals surface area (Å²) in [4.78, 5) is 27.4. The van der Waals surface area contributed by atoms with Crippen LogP contribution in [0.15, 0.2) is 48.5 Å². The number of carbonyl (C=O) groups excluding carboxylic acids is 2. The minimum Gasteiger partial charge on any atom is -0.497 e. The van der Waals surface area contributed by atoms with Crippen molar-refractivity contribution in [1.29, 1.82) is 0 Å². The summed E-state index contributed by atoms with van der Waals surface area (Å²) in [6.07, 6.45) is 2.82. The van der Waals surface area contributed by atoms with E-state index in [2.05, 4.69) is 18.3 Å². The highest BCUT2D eigenvalue weighted by Crippen LogP contribution is 2.18. The zero-order valence-electron chi connectivity index (χ0n) is 19.7. The molecule has 0 fully saturated rings. The first-order chi connectivity index (χ1) is 15.4. The van der Waals surface area contributed by atoms with Crippen LogP contribution in [0.2, 0.25) is 0 Å². The van der Waals surface area contributed by atoms with Gasteiger partial charge in [0.25, 0.3) is 0 Å². The van der Waals surface area contributed by atoms with Gasteiger partial charge in [-0.05, 0) is 56.5 Å². The molecule has 0 saturated heterocycles. The molecule has 0 spiro atoms. The lowest BCUT2D eigenvalue weighted by Gasteiger charge is -2.29. The van der Waals surface area contributed by atoms with Crippen LogP contribution in [-0.2, 0) is 16.1 Å². The van der Waals surface area contributed by atoms with Gasteiger partial charge in [0.2, 0.25) is 11.8 Å². The summed E-state index contributed by atoms with van der Waals surface area (Å²) in [6.45, 7) is 7.35. The van der Waals surface area contributed by atoms with Crippen molar-refractivity contribution in [2.24, 2.45) is 0 Å². The molecule has 0 bridgehead atoms. The van der Waals surface area contributed by atoms with Gasteiger partial charge in [-0.1, -0.05) is 43.2 Å². The fraction of sp³-hybridized carbons (Fsp3) is 0.462. The lowest BCUT2D eigenvalue weighted by Crippen LogP contribution is -2.47. The van der Waals surface area contributed by atoms with Crippen LogP contribution in [-0.4, -0.2) is 43.0 Å². The van der Waals surface area contributed by atoms with E-state index in [0.717, 1.165) is 35.5 Å². The number of rotatable bonds is 13. The van der Waals surface area contributed by atoms with Crippen molar-refractivity contribution in [2.75, 3.05) is 20.3 Å². The number of hydrogen-bond acceptors (Lipinski definition) is 4. The summed E-state index contributed by atoms with van der Waals surface area (Å²) >= 11 is 0. The first kappa shape index (κ1) is 25.2. The third kappa shape index (κ3) is 8.25. The van der Waals surface area contributed by atoms with E-state index < -0.39 is 6.04 Å². The van der Waals surface area contributed by atoms with Gasteiger partial charge in [-0.25, -0.2) is 0 Å². The molecule has 0 unspecified atom stereocenters. The molecule has 174 valence electrons. The highest BCUT2D eigenvalue weighted by atomic mass is 16.5. The van der Waals surface area contributed by atoms with Crippen molar-refractivity contribution in [2.45, 2.75) is 59.0 Å². The highest BCUT2D eigenvalue weighted by molar-refractivity contribution is 5.87. The molecule has 0 saturated carbocycles. The number of unbranched alkanes of at least 4 members (excludes halogenated alkanes) is 1. The van der Waals surface area contributed by atoms with Crippen molar-refractivity contribution < 1.29 is 19.1 Å². The molecule has 0 aliphatic rings. The van der Waals surface area contributed by atoms with Gasteiger partial charge < -0.3 is 19.7 Å². The maximum Gasteiger partial charge on any atom is 0.242 e. The Labute approximate surface area is 191 Å². The number of nitrogens with zero attached hydrogens (tertiary/aromatic N) is 1. The first-order valence-electron chi connectivity index (χ1n) is 11.3. The normalized spacial score (nSPS) is 11.5. The predicted molar refractivity (Wildman–Crippen MR) is 127 cm³/mol. The molecule has 0 aliphatic heterocycles. The zero-order valence-corrected chi connectivity index (χ0v) is 19.7. The molecule has 0 radical (unpaired) electrons.